The summed E-state index contributed by atoms with van der Waals surface area (Å²) >= 11 is 0. The highest BCUT2D eigenvalue weighted by atomic mass is 14.8. The van der Waals surface area contributed by atoms with E-state index in [1.807, 2.05) is 55.6 Å². The van der Waals surface area contributed by atoms with Crippen molar-refractivity contribution in [3.8, 4) is 0 Å². The summed E-state index contributed by atoms with van der Waals surface area (Å²) in [6.45, 7) is 1.98. The Morgan fingerprint density at radius 1 is 1.05 bits per heavy atom. The summed E-state index contributed by atoms with van der Waals surface area (Å²) < 4.78 is 0. The van der Waals surface area contributed by atoms with Crippen LogP contribution in [-0.2, 0) is 6.42 Å². The molecule has 3 aromatic rings. The van der Waals surface area contributed by atoms with Gasteiger partial charge in [-0.1, -0.05) is 24.3 Å². The highest BCUT2D eigenvalue weighted by Crippen LogP contribution is 2.21. The fraction of sp³-hybridized carbons (Fsp3) is 0.176. The molecule has 0 aliphatic heterocycles. The Hall–Kier alpha value is -2.26. The molecule has 2 heterocycles. The van der Waals surface area contributed by atoms with Gasteiger partial charge in [-0.2, -0.15) is 0 Å². The van der Waals surface area contributed by atoms with Crippen molar-refractivity contribution in [2.75, 3.05) is 0 Å². The van der Waals surface area contributed by atoms with Gasteiger partial charge in [0.1, 0.15) is 0 Å². The molecule has 100 valence electrons. The van der Waals surface area contributed by atoms with E-state index >= 15 is 0 Å². The van der Waals surface area contributed by atoms with Gasteiger partial charge in [0.15, 0.2) is 0 Å². The van der Waals surface area contributed by atoms with Crippen molar-refractivity contribution in [3.05, 3.63) is 71.7 Å². The largest absolute Gasteiger partial charge is 0.322 e. The Morgan fingerprint density at radius 2 is 1.90 bits per heavy atom. The zero-order valence-corrected chi connectivity index (χ0v) is 11.5. The molecule has 0 bridgehead atoms. The van der Waals surface area contributed by atoms with Crippen molar-refractivity contribution in [1.82, 2.24) is 9.97 Å². The van der Waals surface area contributed by atoms with E-state index in [0.717, 1.165) is 28.7 Å². The van der Waals surface area contributed by atoms with E-state index in [0.29, 0.717) is 0 Å². The van der Waals surface area contributed by atoms with Gasteiger partial charge in [-0.25, -0.2) is 0 Å². The molecule has 0 saturated carbocycles. The molecule has 3 rings (SSSR count). The second kappa shape index (κ2) is 5.39. The lowest BCUT2D eigenvalue weighted by Crippen LogP contribution is -2.15. The number of hydrogen-bond donors (Lipinski definition) is 1. The molecule has 0 aliphatic rings. The van der Waals surface area contributed by atoms with E-state index in [2.05, 4.69) is 16.0 Å². The normalized spacial score (nSPS) is 12.5. The highest BCUT2D eigenvalue weighted by molar-refractivity contribution is 5.81. The lowest BCUT2D eigenvalue weighted by molar-refractivity contribution is 0.696. The Bertz CT molecular complexity index is 732. The standard InChI is InChI=1S/C17H17N3/c1-12-5-4-8-17(20-12)15(18)11-13-9-10-19-16-7-3-2-6-14(13)16/h2-10,15H,11,18H2,1H3. The average molecular weight is 263 g/mol. The summed E-state index contributed by atoms with van der Waals surface area (Å²) in [5.41, 5.74) is 10.5. The van der Waals surface area contributed by atoms with Gasteiger partial charge in [0, 0.05) is 17.3 Å². The number of pyridine rings is 2. The molecule has 0 aliphatic carbocycles. The number of fused-ring (bicyclic) bond motifs is 1. The predicted octanol–water partition coefficient (Wildman–Crippen LogP) is 3.18. The molecular formula is C17H17N3. The topological polar surface area (TPSA) is 51.8 Å². The van der Waals surface area contributed by atoms with Crippen LogP contribution in [0.5, 0.6) is 0 Å². The fourth-order valence-electron chi connectivity index (χ4n) is 2.45. The molecule has 0 amide bonds. The number of aryl methyl sites for hydroxylation is 1. The summed E-state index contributed by atoms with van der Waals surface area (Å²) in [5, 5.41) is 1.16. The van der Waals surface area contributed by atoms with E-state index in [1.54, 1.807) is 0 Å². The second-order valence-electron chi connectivity index (χ2n) is 5.00. The number of hydrogen-bond acceptors (Lipinski definition) is 3. The molecule has 20 heavy (non-hydrogen) atoms. The van der Waals surface area contributed by atoms with E-state index in [-0.39, 0.29) is 6.04 Å². The quantitative estimate of drug-likeness (QED) is 0.789. The number of nitrogens with two attached hydrogens (primary N) is 1. The highest BCUT2D eigenvalue weighted by Gasteiger charge is 2.11. The van der Waals surface area contributed by atoms with E-state index < -0.39 is 0 Å². The predicted molar refractivity (Wildman–Crippen MR) is 81.3 cm³/mol. The van der Waals surface area contributed by atoms with Gasteiger partial charge >= 0.3 is 0 Å². The van der Waals surface area contributed by atoms with Crippen LogP contribution in [0.3, 0.4) is 0 Å². The van der Waals surface area contributed by atoms with Crippen LogP contribution in [0.1, 0.15) is 23.0 Å². The molecule has 1 unspecified atom stereocenters. The van der Waals surface area contributed by atoms with Crippen molar-refractivity contribution >= 4 is 10.9 Å². The van der Waals surface area contributed by atoms with E-state index in [1.165, 1.54) is 5.56 Å². The van der Waals surface area contributed by atoms with Gasteiger partial charge in [0.25, 0.3) is 0 Å². The Labute approximate surface area is 118 Å². The summed E-state index contributed by atoms with van der Waals surface area (Å²) in [6.07, 6.45) is 2.60. The maximum Gasteiger partial charge on any atom is 0.0704 e. The lowest BCUT2D eigenvalue weighted by Gasteiger charge is -2.13. The van der Waals surface area contributed by atoms with Crippen LogP contribution in [0.25, 0.3) is 10.9 Å². The Kier molecular flexibility index (Phi) is 3.44. The number of benzene rings is 1. The molecule has 0 spiro atoms. The number of nitrogens with zero attached hydrogens (tertiary/aromatic N) is 2. The first-order valence-electron chi connectivity index (χ1n) is 6.76. The minimum absolute atomic E-state index is 0.0966. The molecule has 2 N–H and O–H groups in total. The van der Waals surface area contributed by atoms with Gasteiger partial charge in [0.2, 0.25) is 0 Å². The maximum atomic E-state index is 6.30. The molecule has 0 fully saturated rings. The molecule has 0 saturated heterocycles. The van der Waals surface area contributed by atoms with Crippen LogP contribution in [0, 0.1) is 6.92 Å². The summed E-state index contributed by atoms with van der Waals surface area (Å²) in [4.78, 5) is 8.89. The first kappa shape index (κ1) is 12.8. The van der Waals surface area contributed by atoms with Crippen LogP contribution in [0.4, 0.5) is 0 Å². The number of rotatable bonds is 3. The van der Waals surface area contributed by atoms with Gasteiger partial charge in [-0.05, 0) is 43.2 Å². The van der Waals surface area contributed by atoms with Crippen molar-refractivity contribution in [3.63, 3.8) is 0 Å². The Balaban J connectivity index is 1.93. The maximum absolute atomic E-state index is 6.30. The van der Waals surface area contributed by atoms with E-state index in [9.17, 15) is 0 Å². The molecule has 2 aromatic heterocycles. The molecule has 1 aromatic carbocycles. The fourth-order valence-corrected chi connectivity index (χ4v) is 2.45. The smallest absolute Gasteiger partial charge is 0.0704 e. The zero-order valence-electron chi connectivity index (χ0n) is 11.5. The first-order valence-corrected chi connectivity index (χ1v) is 6.76. The summed E-state index contributed by atoms with van der Waals surface area (Å²) in [6, 6.07) is 16.1. The van der Waals surface area contributed by atoms with Crippen molar-refractivity contribution in [1.29, 1.82) is 0 Å². The average Bonchev–Trinajstić information content (AvgIpc) is 2.47. The van der Waals surface area contributed by atoms with Crippen LogP contribution in [-0.4, -0.2) is 9.97 Å². The van der Waals surface area contributed by atoms with Crippen molar-refractivity contribution < 1.29 is 0 Å². The van der Waals surface area contributed by atoms with E-state index in [4.69, 9.17) is 5.73 Å². The lowest BCUT2D eigenvalue weighted by atomic mass is 10.00. The van der Waals surface area contributed by atoms with Crippen LogP contribution >= 0.6 is 0 Å². The Morgan fingerprint density at radius 3 is 2.75 bits per heavy atom. The first-order chi connectivity index (χ1) is 9.74. The third kappa shape index (κ3) is 2.53. The SMILES string of the molecule is Cc1cccc(C(N)Cc2ccnc3ccccc23)n1. The van der Waals surface area contributed by atoms with Gasteiger partial charge < -0.3 is 5.73 Å². The van der Waals surface area contributed by atoms with Crippen LogP contribution in [0.2, 0.25) is 0 Å². The van der Waals surface area contributed by atoms with Crippen molar-refractivity contribution in [2.24, 2.45) is 5.73 Å². The molecule has 0 radical (unpaired) electrons. The monoisotopic (exact) mass is 263 g/mol. The van der Waals surface area contributed by atoms with Crippen LogP contribution < -0.4 is 5.73 Å². The number of aromatic nitrogens is 2. The third-order valence-corrected chi connectivity index (χ3v) is 3.47. The third-order valence-electron chi connectivity index (χ3n) is 3.47. The summed E-state index contributed by atoms with van der Waals surface area (Å²) in [7, 11) is 0. The minimum atomic E-state index is -0.0966. The summed E-state index contributed by atoms with van der Waals surface area (Å²) in [5.74, 6) is 0. The number of para-hydroxylation sites is 1. The van der Waals surface area contributed by atoms with Gasteiger partial charge in [-0.3, -0.25) is 9.97 Å². The molecule has 3 heteroatoms. The molecule has 1 atom stereocenters. The minimum Gasteiger partial charge on any atom is -0.322 e. The van der Waals surface area contributed by atoms with Gasteiger partial charge in [0.05, 0.1) is 17.3 Å². The zero-order chi connectivity index (χ0) is 13.9. The van der Waals surface area contributed by atoms with Gasteiger partial charge in [-0.15, -0.1) is 0 Å². The van der Waals surface area contributed by atoms with Crippen molar-refractivity contribution in [2.45, 2.75) is 19.4 Å². The molecular weight excluding hydrogens is 246 g/mol. The van der Waals surface area contributed by atoms with Crippen LogP contribution in [0.15, 0.2) is 54.7 Å². The molecule has 3 nitrogen and oxygen atoms in total. The second-order valence-corrected chi connectivity index (χ2v) is 5.00.